The molecule has 19 heavy (non-hydrogen) atoms. The summed E-state index contributed by atoms with van der Waals surface area (Å²) in [6, 6.07) is -0.260. The van der Waals surface area contributed by atoms with Gasteiger partial charge in [0.25, 0.3) is 0 Å². The van der Waals surface area contributed by atoms with Crippen LogP contribution in [-0.4, -0.2) is 61.6 Å². The molecule has 0 bridgehead atoms. The molecule has 3 rings (SSSR count). The first-order valence-electron chi connectivity index (χ1n) is 8.15. The molecule has 3 aliphatic heterocycles. The highest BCUT2D eigenvalue weighted by atomic mass is 31.2. The standard InChI is InChI=1S/C13H24BN2O2P/c1-11-12(10-13(14)17-11)18-19(15-6-2-3-7-15)16-8-4-5-9-16/h11-13H,2-10H2,1H3/t11-,12?,13-/m1/s1/i1D. The van der Waals surface area contributed by atoms with Gasteiger partial charge in [-0.1, -0.05) is 0 Å². The van der Waals surface area contributed by atoms with Crippen LogP contribution in [-0.2, 0) is 9.26 Å². The lowest BCUT2D eigenvalue weighted by Crippen LogP contribution is -2.30. The maximum Gasteiger partial charge on any atom is 0.188 e. The molecule has 3 saturated heterocycles. The first kappa shape index (κ1) is 13.0. The highest BCUT2D eigenvalue weighted by Crippen LogP contribution is 2.51. The lowest BCUT2D eigenvalue weighted by atomic mass is 9.96. The van der Waals surface area contributed by atoms with Crippen LogP contribution in [0.1, 0.15) is 40.4 Å². The van der Waals surface area contributed by atoms with Gasteiger partial charge < -0.3 is 9.26 Å². The van der Waals surface area contributed by atoms with Gasteiger partial charge in [-0.05, 0) is 39.0 Å². The summed E-state index contributed by atoms with van der Waals surface area (Å²) in [6.07, 6.45) is 5.67. The van der Waals surface area contributed by atoms with Crippen molar-refractivity contribution in [2.24, 2.45) is 0 Å². The Hall–Kier alpha value is 0.335. The van der Waals surface area contributed by atoms with Crippen LogP contribution < -0.4 is 0 Å². The molecule has 0 amide bonds. The van der Waals surface area contributed by atoms with Gasteiger partial charge in [0.2, 0.25) is 0 Å². The van der Waals surface area contributed by atoms with Crippen molar-refractivity contribution in [2.75, 3.05) is 26.2 Å². The Morgan fingerprint density at radius 2 is 1.74 bits per heavy atom. The van der Waals surface area contributed by atoms with Crippen molar-refractivity contribution in [1.82, 2.24) is 9.34 Å². The second-order valence-electron chi connectivity index (χ2n) is 5.67. The highest BCUT2D eigenvalue weighted by Gasteiger charge is 2.38. The van der Waals surface area contributed by atoms with Crippen molar-refractivity contribution in [2.45, 2.75) is 57.2 Å². The summed E-state index contributed by atoms with van der Waals surface area (Å²) < 4.78 is 24.6. The molecule has 0 aliphatic carbocycles. The molecule has 0 aromatic rings. The summed E-state index contributed by atoms with van der Waals surface area (Å²) in [5, 5.41) is 0. The normalized spacial score (nSPS) is 38.4. The fourth-order valence-electron chi connectivity index (χ4n) is 3.04. The Morgan fingerprint density at radius 1 is 1.16 bits per heavy atom. The fraction of sp³-hybridized carbons (Fsp3) is 1.00. The van der Waals surface area contributed by atoms with E-state index in [2.05, 4.69) is 9.34 Å². The quantitative estimate of drug-likeness (QED) is 0.582. The Morgan fingerprint density at radius 3 is 2.26 bits per heavy atom. The lowest BCUT2D eigenvalue weighted by Gasteiger charge is -2.35. The van der Waals surface area contributed by atoms with E-state index in [-0.39, 0.29) is 25.1 Å². The van der Waals surface area contributed by atoms with Gasteiger partial charge in [0, 0.05) is 33.6 Å². The Labute approximate surface area is 120 Å². The van der Waals surface area contributed by atoms with Gasteiger partial charge in [-0.15, -0.1) is 0 Å². The van der Waals surface area contributed by atoms with Crippen LogP contribution in [0.4, 0.5) is 0 Å². The van der Waals surface area contributed by atoms with Gasteiger partial charge in [-0.25, -0.2) is 9.34 Å². The second-order valence-corrected chi connectivity index (χ2v) is 7.51. The molecule has 0 aromatic heterocycles. The molecule has 0 N–H and O–H groups in total. The highest BCUT2D eigenvalue weighted by molar-refractivity contribution is 7.47. The monoisotopic (exact) mass is 283 g/mol. The number of rotatable bonds is 4. The van der Waals surface area contributed by atoms with Gasteiger partial charge in [0.15, 0.2) is 8.45 Å². The van der Waals surface area contributed by atoms with E-state index in [0.29, 0.717) is 0 Å². The number of ether oxygens (including phenoxy) is 1. The van der Waals surface area contributed by atoms with Crippen molar-refractivity contribution in [3.05, 3.63) is 0 Å². The SMILES string of the molecule is [2H]C[C@H]1O[C@@H]([B])CC1OP(N1CCCC1)N1CCCC1. The van der Waals surface area contributed by atoms with Crippen molar-refractivity contribution in [3.8, 4) is 0 Å². The summed E-state index contributed by atoms with van der Waals surface area (Å²) in [5.41, 5.74) is 0. The molecular formula is C13H24BN2O2P. The fourth-order valence-corrected chi connectivity index (χ4v) is 5.37. The van der Waals surface area contributed by atoms with Gasteiger partial charge in [-0.3, -0.25) is 0 Å². The molecule has 1 unspecified atom stereocenters. The zero-order valence-electron chi connectivity index (χ0n) is 12.5. The molecule has 0 spiro atoms. The largest absolute Gasteiger partial charge is 0.382 e. The van der Waals surface area contributed by atoms with E-state index in [0.717, 1.165) is 32.6 Å². The minimum Gasteiger partial charge on any atom is -0.382 e. The van der Waals surface area contributed by atoms with E-state index >= 15 is 0 Å². The van der Waals surface area contributed by atoms with E-state index in [4.69, 9.17) is 18.5 Å². The third kappa shape index (κ3) is 3.33. The summed E-state index contributed by atoms with van der Waals surface area (Å²) in [6.45, 7) is 4.82. The second kappa shape index (κ2) is 6.40. The number of nitrogens with zero attached hydrogens (tertiary/aromatic N) is 2. The molecule has 106 valence electrons. The van der Waals surface area contributed by atoms with E-state index in [1.54, 1.807) is 0 Å². The predicted molar refractivity (Wildman–Crippen MR) is 78.1 cm³/mol. The average Bonchev–Trinajstić information content (AvgIpc) is 3.18. The third-order valence-corrected chi connectivity index (χ3v) is 6.33. The third-order valence-electron chi connectivity index (χ3n) is 4.11. The van der Waals surface area contributed by atoms with Crippen LogP contribution in [0.3, 0.4) is 0 Å². The zero-order valence-corrected chi connectivity index (χ0v) is 12.4. The lowest BCUT2D eigenvalue weighted by molar-refractivity contribution is 0.0542. The summed E-state index contributed by atoms with van der Waals surface area (Å²) in [7, 11) is 5.19. The van der Waals surface area contributed by atoms with Crippen molar-refractivity contribution < 1.29 is 10.6 Å². The van der Waals surface area contributed by atoms with Gasteiger partial charge >= 0.3 is 0 Å². The van der Waals surface area contributed by atoms with Gasteiger partial charge in [0.05, 0.1) is 12.2 Å². The Balaban J connectivity index is 1.65. The smallest absolute Gasteiger partial charge is 0.188 e. The molecule has 3 heterocycles. The van der Waals surface area contributed by atoms with Crippen LogP contribution >= 0.6 is 8.45 Å². The maximum atomic E-state index is 7.60. The van der Waals surface area contributed by atoms with Crippen LogP contribution in [0.2, 0.25) is 0 Å². The van der Waals surface area contributed by atoms with Gasteiger partial charge in [0.1, 0.15) is 7.85 Å². The molecule has 3 fully saturated rings. The first-order chi connectivity index (χ1) is 9.78. The number of hydrogen-bond donors (Lipinski definition) is 0. The topological polar surface area (TPSA) is 24.9 Å². The minimum absolute atomic E-state index is 0.00480. The van der Waals surface area contributed by atoms with Crippen molar-refractivity contribution >= 4 is 16.3 Å². The molecule has 3 atom stereocenters. The van der Waals surface area contributed by atoms with Crippen LogP contribution in [0.25, 0.3) is 0 Å². The van der Waals surface area contributed by atoms with Crippen molar-refractivity contribution in [3.63, 3.8) is 0 Å². The maximum absolute atomic E-state index is 7.60. The van der Waals surface area contributed by atoms with E-state index in [1.165, 1.54) is 25.7 Å². The zero-order chi connectivity index (χ0) is 13.9. The first-order valence-corrected chi connectivity index (χ1v) is 8.61. The molecule has 3 aliphatic rings. The van der Waals surface area contributed by atoms with Crippen molar-refractivity contribution in [1.29, 1.82) is 0 Å². The summed E-state index contributed by atoms with van der Waals surface area (Å²) in [5.74, 6) is 0. The summed E-state index contributed by atoms with van der Waals surface area (Å²) in [4.78, 5) is 0. The molecule has 0 aromatic carbocycles. The van der Waals surface area contributed by atoms with E-state index in [9.17, 15) is 0 Å². The van der Waals surface area contributed by atoms with E-state index in [1.807, 2.05) is 0 Å². The molecular weight excluding hydrogens is 258 g/mol. The molecule has 4 nitrogen and oxygen atoms in total. The summed E-state index contributed by atoms with van der Waals surface area (Å²) >= 11 is 0. The molecule has 2 radical (unpaired) electrons. The predicted octanol–water partition coefficient (Wildman–Crippen LogP) is 2.09. The molecule has 0 saturated carbocycles. The molecule has 6 heteroatoms. The Bertz CT molecular complexity index is 301. The van der Waals surface area contributed by atoms with Gasteiger partial charge in [-0.2, -0.15) is 0 Å². The minimum atomic E-state index is -0.678. The average molecular weight is 283 g/mol. The van der Waals surface area contributed by atoms with E-state index < -0.39 is 8.45 Å². The van der Waals surface area contributed by atoms with Crippen LogP contribution in [0.15, 0.2) is 0 Å². The number of hydrogen-bond acceptors (Lipinski definition) is 4. The van der Waals surface area contributed by atoms with Crippen LogP contribution in [0.5, 0.6) is 0 Å². The van der Waals surface area contributed by atoms with Crippen LogP contribution in [0, 0.1) is 0 Å². The Kier molecular flexibility index (Phi) is 4.39.